The number of morpholine rings is 1. The lowest BCUT2D eigenvalue weighted by molar-refractivity contribution is 0.0515. The van der Waals surface area contributed by atoms with Crippen LogP contribution in [0.15, 0.2) is 41.1 Å². The molecular weight excluding hydrogens is 348 g/mol. The summed E-state index contributed by atoms with van der Waals surface area (Å²) in [5.41, 5.74) is 1.43. The third-order valence-corrected chi connectivity index (χ3v) is 4.93. The van der Waals surface area contributed by atoms with Crippen molar-refractivity contribution in [3.63, 3.8) is 0 Å². The van der Waals surface area contributed by atoms with Crippen LogP contribution in [0.3, 0.4) is 0 Å². The van der Waals surface area contributed by atoms with Crippen LogP contribution in [0.4, 0.5) is 5.69 Å². The second kappa shape index (κ2) is 7.79. The third-order valence-electron chi connectivity index (χ3n) is 4.93. The van der Waals surface area contributed by atoms with Gasteiger partial charge in [0.2, 0.25) is 0 Å². The summed E-state index contributed by atoms with van der Waals surface area (Å²) >= 11 is 0. The Morgan fingerprint density at radius 2 is 1.59 bits per heavy atom. The summed E-state index contributed by atoms with van der Waals surface area (Å²) in [6.07, 6.45) is 3.23. The van der Waals surface area contributed by atoms with Crippen molar-refractivity contribution in [2.24, 2.45) is 0 Å². The van der Waals surface area contributed by atoms with Gasteiger partial charge in [0.15, 0.2) is 5.76 Å². The standard InChI is InChI=1S/C19H22N4O4/c24-18(16-4-3-15(14-20-16)21-9-12-26-13-10-21)22-5-7-23(8-6-22)19(25)17-2-1-11-27-17/h1-4,11,14H,5-10,12-13H2. The van der Waals surface area contributed by atoms with Gasteiger partial charge >= 0.3 is 0 Å². The molecule has 4 heterocycles. The van der Waals surface area contributed by atoms with Gasteiger partial charge in [-0.25, -0.2) is 4.98 Å². The number of amides is 2. The highest BCUT2D eigenvalue weighted by atomic mass is 16.5. The molecule has 2 aromatic heterocycles. The molecule has 142 valence electrons. The average molecular weight is 370 g/mol. The Morgan fingerprint density at radius 3 is 2.19 bits per heavy atom. The first-order chi connectivity index (χ1) is 13.2. The second-order valence-corrected chi connectivity index (χ2v) is 6.56. The van der Waals surface area contributed by atoms with E-state index in [1.807, 2.05) is 6.07 Å². The lowest BCUT2D eigenvalue weighted by atomic mass is 10.2. The molecule has 0 saturated carbocycles. The number of hydrogen-bond donors (Lipinski definition) is 0. The maximum absolute atomic E-state index is 12.7. The van der Waals surface area contributed by atoms with Gasteiger partial charge in [-0.1, -0.05) is 0 Å². The Labute approximate surface area is 157 Å². The van der Waals surface area contributed by atoms with Gasteiger partial charge in [-0.2, -0.15) is 0 Å². The maximum atomic E-state index is 12.7. The Hall–Kier alpha value is -2.87. The number of hydrogen-bond acceptors (Lipinski definition) is 6. The number of nitrogens with zero attached hydrogens (tertiary/aromatic N) is 4. The van der Waals surface area contributed by atoms with E-state index in [1.165, 1.54) is 6.26 Å². The minimum atomic E-state index is -0.139. The monoisotopic (exact) mass is 370 g/mol. The van der Waals surface area contributed by atoms with Gasteiger partial charge < -0.3 is 23.9 Å². The molecule has 2 aliphatic rings. The summed E-state index contributed by atoms with van der Waals surface area (Å²) in [4.78, 5) is 35.0. The van der Waals surface area contributed by atoms with Crippen molar-refractivity contribution < 1.29 is 18.7 Å². The van der Waals surface area contributed by atoms with Crippen molar-refractivity contribution in [2.45, 2.75) is 0 Å². The predicted molar refractivity (Wildman–Crippen MR) is 97.8 cm³/mol. The molecule has 27 heavy (non-hydrogen) atoms. The van der Waals surface area contributed by atoms with E-state index in [2.05, 4.69) is 9.88 Å². The zero-order valence-corrected chi connectivity index (χ0v) is 15.0. The summed E-state index contributed by atoms with van der Waals surface area (Å²) in [6.45, 7) is 5.02. The van der Waals surface area contributed by atoms with Crippen LogP contribution in [0.5, 0.6) is 0 Å². The third kappa shape index (κ3) is 3.80. The molecule has 0 radical (unpaired) electrons. The Bertz CT molecular complexity index is 777. The zero-order valence-electron chi connectivity index (χ0n) is 15.0. The minimum Gasteiger partial charge on any atom is -0.459 e. The largest absolute Gasteiger partial charge is 0.459 e. The fourth-order valence-corrected chi connectivity index (χ4v) is 3.35. The molecule has 2 aliphatic heterocycles. The number of rotatable bonds is 3. The highest BCUT2D eigenvalue weighted by molar-refractivity contribution is 5.93. The van der Waals surface area contributed by atoms with Crippen LogP contribution in [-0.2, 0) is 4.74 Å². The first-order valence-electron chi connectivity index (χ1n) is 9.13. The molecule has 0 spiro atoms. The van der Waals surface area contributed by atoms with Crippen LogP contribution < -0.4 is 4.90 Å². The lowest BCUT2D eigenvalue weighted by Gasteiger charge is -2.34. The van der Waals surface area contributed by atoms with Crippen LogP contribution in [0.2, 0.25) is 0 Å². The molecule has 2 aromatic rings. The molecule has 0 aliphatic carbocycles. The summed E-state index contributed by atoms with van der Waals surface area (Å²) in [7, 11) is 0. The SMILES string of the molecule is O=C(c1ccc(N2CCOCC2)cn1)N1CCN(C(=O)c2ccco2)CC1. The number of aromatic nitrogens is 1. The van der Waals surface area contributed by atoms with E-state index in [9.17, 15) is 9.59 Å². The van der Waals surface area contributed by atoms with Crippen LogP contribution >= 0.6 is 0 Å². The number of furan rings is 1. The van der Waals surface area contributed by atoms with Crippen molar-refractivity contribution in [3.8, 4) is 0 Å². The Kier molecular flexibility index (Phi) is 5.06. The first-order valence-corrected chi connectivity index (χ1v) is 9.13. The topological polar surface area (TPSA) is 79.1 Å². The molecule has 0 N–H and O–H groups in total. The Morgan fingerprint density at radius 1 is 0.889 bits per heavy atom. The number of pyridine rings is 1. The van der Waals surface area contributed by atoms with Gasteiger partial charge in [0, 0.05) is 39.3 Å². The van der Waals surface area contributed by atoms with Gasteiger partial charge in [-0.05, 0) is 24.3 Å². The Balaban J connectivity index is 1.34. The molecule has 2 amide bonds. The van der Waals surface area contributed by atoms with Crippen LogP contribution in [0.1, 0.15) is 21.0 Å². The quantitative estimate of drug-likeness (QED) is 0.805. The van der Waals surface area contributed by atoms with Gasteiger partial charge in [0.25, 0.3) is 11.8 Å². The minimum absolute atomic E-state index is 0.103. The molecule has 0 atom stereocenters. The van der Waals surface area contributed by atoms with E-state index in [0.29, 0.717) is 50.8 Å². The molecule has 0 unspecified atom stereocenters. The molecule has 8 nitrogen and oxygen atoms in total. The van der Waals surface area contributed by atoms with E-state index < -0.39 is 0 Å². The van der Waals surface area contributed by atoms with Crippen molar-refractivity contribution in [1.29, 1.82) is 0 Å². The zero-order chi connectivity index (χ0) is 18.6. The molecule has 4 rings (SSSR count). The van der Waals surface area contributed by atoms with Crippen molar-refractivity contribution in [3.05, 3.63) is 48.2 Å². The first kappa shape index (κ1) is 17.5. The normalized spacial score (nSPS) is 17.9. The molecular formula is C19H22N4O4. The summed E-state index contributed by atoms with van der Waals surface area (Å²) in [5, 5.41) is 0. The molecule has 0 aromatic carbocycles. The van der Waals surface area contributed by atoms with Gasteiger partial charge in [-0.3, -0.25) is 9.59 Å². The molecule has 2 saturated heterocycles. The lowest BCUT2D eigenvalue weighted by Crippen LogP contribution is -2.50. The van der Waals surface area contributed by atoms with Crippen LogP contribution in [-0.4, -0.2) is 79.1 Å². The van der Waals surface area contributed by atoms with E-state index in [0.717, 1.165) is 18.8 Å². The predicted octanol–water partition coefficient (Wildman–Crippen LogP) is 1.11. The summed E-state index contributed by atoms with van der Waals surface area (Å²) in [5.74, 6) is 0.0869. The fourth-order valence-electron chi connectivity index (χ4n) is 3.35. The van der Waals surface area contributed by atoms with E-state index in [1.54, 1.807) is 34.2 Å². The number of piperazine rings is 1. The van der Waals surface area contributed by atoms with Gasteiger partial charge in [-0.15, -0.1) is 0 Å². The maximum Gasteiger partial charge on any atom is 0.289 e. The van der Waals surface area contributed by atoms with Crippen LogP contribution in [0.25, 0.3) is 0 Å². The highest BCUT2D eigenvalue weighted by Crippen LogP contribution is 2.16. The number of ether oxygens (including phenoxy) is 1. The van der Waals surface area contributed by atoms with Crippen molar-refractivity contribution in [1.82, 2.24) is 14.8 Å². The highest BCUT2D eigenvalue weighted by Gasteiger charge is 2.27. The van der Waals surface area contributed by atoms with Crippen molar-refractivity contribution >= 4 is 17.5 Å². The molecule has 2 fully saturated rings. The van der Waals surface area contributed by atoms with Crippen LogP contribution in [0, 0.1) is 0 Å². The van der Waals surface area contributed by atoms with Crippen molar-refractivity contribution in [2.75, 3.05) is 57.4 Å². The number of carbonyl (C=O) groups excluding carboxylic acids is 2. The molecule has 8 heteroatoms. The van der Waals surface area contributed by atoms with Gasteiger partial charge in [0.1, 0.15) is 5.69 Å². The summed E-state index contributed by atoms with van der Waals surface area (Å²) < 4.78 is 10.5. The van der Waals surface area contributed by atoms with Gasteiger partial charge in [0.05, 0.1) is 31.4 Å². The number of anilines is 1. The van der Waals surface area contributed by atoms with E-state index in [-0.39, 0.29) is 11.8 Å². The number of carbonyl (C=O) groups is 2. The summed E-state index contributed by atoms with van der Waals surface area (Å²) in [6, 6.07) is 7.05. The molecule has 0 bridgehead atoms. The average Bonchev–Trinajstić information content (AvgIpc) is 3.28. The van der Waals surface area contributed by atoms with E-state index in [4.69, 9.17) is 9.15 Å². The smallest absolute Gasteiger partial charge is 0.289 e. The fraction of sp³-hybridized carbons (Fsp3) is 0.421. The second-order valence-electron chi connectivity index (χ2n) is 6.56. The van der Waals surface area contributed by atoms with E-state index >= 15 is 0 Å².